The van der Waals surface area contributed by atoms with Gasteiger partial charge in [0.05, 0.1) is 21.9 Å². The highest BCUT2D eigenvalue weighted by atomic mass is 35.5. The zero-order chi connectivity index (χ0) is 23.8. The molecule has 0 aliphatic carbocycles. The van der Waals surface area contributed by atoms with E-state index in [1.807, 2.05) is 4.98 Å². The van der Waals surface area contributed by atoms with E-state index in [0.29, 0.717) is 0 Å². The summed E-state index contributed by atoms with van der Waals surface area (Å²) in [6.07, 6.45) is 1.64. The minimum absolute atomic E-state index is 0.0986. The van der Waals surface area contributed by atoms with E-state index < -0.39 is 40.2 Å². The van der Waals surface area contributed by atoms with Crippen molar-refractivity contribution < 1.29 is 18.6 Å². The molecule has 4 rings (SSSR count). The van der Waals surface area contributed by atoms with Crippen LogP contribution in [-0.4, -0.2) is 29.8 Å². The molecule has 0 radical (unpaired) electrons. The Morgan fingerprint density at radius 1 is 1.06 bits per heavy atom. The lowest BCUT2D eigenvalue weighted by Gasteiger charge is -2.18. The average Bonchev–Trinajstić information content (AvgIpc) is 2.77. The third-order valence-corrected chi connectivity index (χ3v) is 4.88. The first-order valence-corrected chi connectivity index (χ1v) is 9.78. The van der Waals surface area contributed by atoms with Crippen LogP contribution in [0.25, 0.3) is 5.69 Å². The van der Waals surface area contributed by atoms with Crippen molar-refractivity contribution in [3.05, 3.63) is 97.0 Å². The summed E-state index contributed by atoms with van der Waals surface area (Å²) < 4.78 is 36.1. The second-order valence-electron chi connectivity index (χ2n) is 6.52. The number of nitrogens with one attached hydrogen (secondary N) is 1. The molecular formula is C20H11Cl2F2N5O4. The van der Waals surface area contributed by atoms with Crippen LogP contribution < -0.4 is 16.0 Å². The van der Waals surface area contributed by atoms with Gasteiger partial charge in [0.15, 0.2) is 17.2 Å². The fourth-order valence-corrected chi connectivity index (χ4v) is 3.37. The van der Waals surface area contributed by atoms with Gasteiger partial charge in [-0.2, -0.15) is 28.5 Å². The summed E-state index contributed by atoms with van der Waals surface area (Å²) in [6.45, 7) is 0. The lowest BCUT2D eigenvalue weighted by Crippen LogP contribution is -2.30. The lowest BCUT2D eigenvalue weighted by molar-refractivity contribution is 0.0344. The number of aromatic nitrogens is 5. The molecule has 33 heavy (non-hydrogen) atoms. The Kier molecular flexibility index (Phi) is 5.83. The molecule has 168 valence electrons. The number of hydrogen-bond acceptors (Lipinski definition) is 7. The van der Waals surface area contributed by atoms with Crippen molar-refractivity contribution in [3.8, 4) is 23.2 Å². The molecule has 0 saturated carbocycles. The molecule has 2 aromatic heterocycles. The van der Waals surface area contributed by atoms with E-state index in [1.165, 1.54) is 36.4 Å². The van der Waals surface area contributed by atoms with E-state index in [4.69, 9.17) is 27.9 Å². The molecule has 0 saturated heterocycles. The van der Waals surface area contributed by atoms with Crippen molar-refractivity contribution in [1.82, 2.24) is 24.7 Å². The normalized spacial score (nSPS) is 11.4. The number of hydrogen-bond donors (Lipinski definition) is 2. The Morgan fingerprint density at radius 2 is 1.73 bits per heavy atom. The average molecular weight is 494 g/mol. The Labute approximate surface area is 192 Å². The SMILES string of the molecule is O=c1cnn(-c2cc(Cl)c(Oc3ncc(O)c(C(F)(F)c4ccccc4)n3)c(Cl)c2)c(=O)[nH]1. The van der Waals surface area contributed by atoms with Crippen molar-refractivity contribution >= 4 is 23.2 Å². The predicted molar refractivity (Wildman–Crippen MR) is 114 cm³/mol. The largest absolute Gasteiger partial charge is 0.504 e. The van der Waals surface area contributed by atoms with Crippen molar-refractivity contribution in [2.24, 2.45) is 0 Å². The molecule has 13 heteroatoms. The number of halogens is 4. The van der Waals surface area contributed by atoms with Crippen LogP contribution in [0.4, 0.5) is 8.78 Å². The third kappa shape index (κ3) is 4.41. The highest BCUT2D eigenvalue weighted by Crippen LogP contribution is 2.41. The van der Waals surface area contributed by atoms with Gasteiger partial charge in [0.25, 0.3) is 5.56 Å². The molecule has 0 aliphatic heterocycles. The second-order valence-corrected chi connectivity index (χ2v) is 7.33. The topological polar surface area (TPSA) is 123 Å². The maximum absolute atomic E-state index is 14.9. The first-order valence-electron chi connectivity index (χ1n) is 9.02. The Morgan fingerprint density at radius 3 is 2.36 bits per heavy atom. The van der Waals surface area contributed by atoms with Gasteiger partial charge in [-0.3, -0.25) is 9.78 Å². The van der Waals surface area contributed by atoms with Crippen molar-refractivity contribution in [2.45, 2.75) is 5.92 Å². The van der Waals surface area contributed by atoms with E-state index in [9.17, 15) is 23.5 Å². The van der Waals surface area contributed by atoms with E-state index in [2.05, 4.69) is 15.1 Å². The van der Waals surface area contributed by atoms with Gasteiger partial charge in [-0.15, -0.1) is 0 Å². The molecule has 4 aromatic rings. The molecule has 2 aromatic carbocycles. The molecule has 2 heterocycles. The van der Waals surface area contributed by atoms with Crippen LogP contribution in [0.2, 0.25) is 10.0 Å². The van der Waals surface area contributed by atoms with Gasteiger partial charge < -0.3 is 9.84 Å². The van der Waals surface area contributed by atoms with Crippen LogP contribution >= 0.6 is 23.2 Å². The number of aromatic amines is 1. The minimum Gasteiger partial charge on any atom is -0.504 e. The molecule has 9 nitrogen and oxygen atoms in total. The molecular weight excluding hydrogens is 483 g/mol. The number of rotatable bonds is 5. The van der Waals surface area contributed by atoms with Gasteiger partial charge in [0.1, 0.15) is 6.20 Å². The fourth-order valence-electron chi connectivity index (χ4n) is 2.82. The number of alkyl halides is 2. The van der Waals surface area contributed by atoms with Gasteiger partial charge in [-0.05, 0) is 12.1 Å². The zero-order valence-electron chi connectivity index (χ0n) is 16.2. The molecule has 0 aliphatic rings. The van der Waals surface area contributed by atoms with E-state index in [-0.39, 0.29) is 21.5 Å². The molecule has 2 N–H and O–H groups in total. The maximum atomic E-state index is 14.9. The molecule has 0 atom stereocenters. The minimum atomic E-state index is -3.65. The summed E-state index contributed by atoms with van der Waals surface area (Å²) in [4.78, 5) is 32.5. The van der Waals surface area contributed by atoms with Gasteiger partial charge in [-0.25, -0.2) is 4.79 Å². The van der Waals surface area contributed by atoms with E-state index in [0.717, 1.165) is 17.1 Å². The van der Waals surface area contributed by atoms with Crippen LogP contribution in [0.1, 0.15) is 11.3 Å². The van der Waals surface area contributed by atoms with E-state index in [1.54, 1.807) is 6.07 Å². The molecule has 0 unspecified atom stereocenters. The smallest absolute Gasteiger partial charge is 0.349 e. The molecule has 0 spiro atoms. The highest BCUT2D eigenvalue weighted by Gasteiger charge is 2.39. The predicted octanol–water partition coefficient (Wildman–Crippen LogP) is 3.66. The zero-order valence-corrected chi connectivity index (χ0v) is 17.7. The number of benzene rings is 2. The van der Waals surface area contributed by atoms with Crippen molar-refractivity contribution in [2.75, 3.05) is 0 Å². The first-order chi connectivity index (χ1) is 15.7. The van der Waals surface area contributed by atoms with Crippen LogP contribution in [-0.2, 0) is 5.92 Å². The summed E-state index contributed by atoms with van der Waals surface area (Å²) in [7, 11) is 0. The van der Waals surface area contributed by atoms with Crippen LogP contribution in [0.15, 0.2) is 64.4 Å². The molecule has 0 bridgehead atoms. The Hall–Kier alpha value is -3.83. The summed E-state index contributed by atoms with van der Waals surface area (Å²) in [6, 6.07) is 8.70. The van der Waals surface area contributed by atoms with Crippen LogP contribution in [0, 0.1) is 0 Å². The van der Waals surface area contributed by atoms with Crippen molar-refractivity contribution in [3.63, 3.8) is 0 Å². The monoisotopic (exact) mass is 493 g/mol. The summed E-state index contributed by atoms with van der Waals surface area (Å²) in [5, 5.41) is 13.4. The lowest BCUT2D eigenvalue weighted by atomic mass is 10.1. The van der Waals surface area contributed by atoms with Crippen LogP contribution in [0.5, 0.6) is 17.5 Å². The first kappa shape index (κ1) is 22.4. The molecule has 0 amide bonds. The van der Waals surface area contributed by atoms with Gasteiger partial charge in [-0.1, -0.05) is 53.5 Å². The maximum Gasteiger partial charge on any atom is 0.349 e. The van der Waals surface area contributed by atoms with Crippen molar-refractivity contribution in [1.29, 1.82) is 0 Å². The third-order valence-electron chi connectivity index (χ3n) is 4.32. The summed E-state index contributed by atoms with van der Waals surface area (Å²) >= 11 is 12.4. The number of nitrogens with zero attached hydrogens (tertiary/aromatic N) is 4. The summed E-state index contributed by atoms with van der Waals surface area (Å²) in [5.41, 5.74) is -2.81. The van der Waals surface area contributed by atoms with Gasteiger partial charge >= 0.3 is 17.6 Å². The highest BCUT2D eigenvalue weighted by molar-refractivity contribution is 6.37. The van der Waals surface area contributed by atoms with E-state index >= 15 is 0 Å². The number of H-pyrrole nitrogens is 1. The second kappa shape index (κ2) is 8.60. The fraction of sp³-hybridized carbons (Fsp3) is 0.0500. The number of aromatic hydroxyl groups is 1. The number of ether oxygens (including phenoxy) is 1. The standard InChI is InChI=1S/C20H11Cl2F2N5O4/c21-12-6-11(29-19(32)27-15(31)9-26-29)7-13(22)16(12)33-18-25-8-14(30)17(28-18)20(23,24)10-4-2-1-3-5-10/h1-9,30H,(H,27,31,32). The van der Waals surface area contributed by atoms with Crippen LogP contribution in [0.3, 0.4) is 0 Å². The Bertz CT molecular complexity index is 1440. The summed E-state index contributed by atoms with van der Waals surface area (Å²) in [5.74, 6) is -4.69. The Balaban J connectivity index is 1.71. The van der Waals surface area contributed by atoms with Gasteiger partial charge in [0.2, 0.25) is 0 Å². The van der Waals surface area contributed by atoms with Gasteiger partial charge in [0, 0.05) is 5.56 Å². The molecule has 0 fully saturated rings. The quantitative estimate of drug-likeness (QED) is 0.434.